The van der Waals surface area contributed by atoms with E-state index in [1.807, 2.05) is 60.7 Å². The van der Waals surface area contributed by atoms with Gasteiger partial charge in [-0.2, -0.15) is 0 Å². The van der Waals surface area contributed by atoms with Crippen LogP contribution >= 0.6 is 15.9 Å². The fourth-order valence-electron chi connectivity index (χ4n) is 2.61. The summed E-state index contributed by atoms with van der Waals surface area (Å²) in [6.07, 6.45) is 0. The molecule has 0 aliphatic carbocycles. The van der Waals surface area contributed by atoms with Crippen LogP contribution in [0.4, 0.5) is 11.4 Å². The van der Waals surface area contributed by atoms with Crippen LogP contribution < -0.4 is 11.1 Å². The van der Waals surface area contributed by atoms with E-state index in [4.69, 9.17) is 10.5 Å². The Morgan fingerprint density at radius 1 is 1.00 bits per heavy atom. The van der Waals surface area contributed by atoms with Crippen LogP contribution in [0.25, 0.3) is 0 Å². The van der Waals surface area contributed by atoms with Crippen molar-refractivity contribution in [2.45, 2.75) is 6.54 Å². The first-order valence-corrected chi connectivity index (χ1v) is 9.46. The highest BCUT2D eigenvalue weighted by molar-refractivity contribution is 9.10. The second-order valence-corrected chi connectivity index (χ2v) is 6.98. The minimum Gasteiger partial charge on any atom is -0.465 e. The van der Waals surface area contributed by atoms with E-state index in [2.05, 4.69) is 26.2 Å². The third kappa shape index (κ3) is 4.98. The normalized spacial score (nSPS) is 11.1. The van der Waals surface area contributed by atoms with Gasteiger partial charge in [0.15, 0.2) is 0 Å². The smallest absolute Gasteiger partial charge is 0.337 e. The van der Waals surface area contributed by atoms with Crippen LogP contribution in [0.2, 0.25) is 0 Å². The van der Waals surface area contributed by atoms with Crippen LogP contribution in [0.3, 0.4) is 0 Å². The standard InChI is InChI=1S/C22H20BrN3O2/c1-28-22(27)17-8-6-15(7-9-17)14-25-19-4-2-3-5-20(19)26-21(24)16-10-12-18(23)13-11-16/h2-13,25H,14H2,1H3,(H2,24,26). The van der Waals surface area contributed by atoms with Crippen molar-refractivity contribution in [1.82, 2.24) is 0 Å². The Morgan fingerprint density at radius 3 is 2.32 bits per heavy atom. The molecule has 0 heterocycles. The molecule has 0 bridgehead atoms. The van der Waals surface area contributed by atoms with Crippen molar-refractivity contribution in [3.8, 4) is 0 Å². The number of nitrogens with zero attached hydrogens (tertiary/aromatic N) is 1. The van der Waals surface area contributed by atoms with Gasteiger partial charge in [0.2, 0.25) is 0 Å². The first kappa shape index (κ1) is 19.6. The van der Waals surface area contributed by atoms with Crippen molar-refractivity contribution >= 4 is 39.1 Å². The van der Waals surface area contributed by atoms with E-state index in [-0.39, 0.29) is 5.97 Å². The number of hydrogen-bond donors (Lipinski definition) is 2. The number of anilines is 1. The summed E-state index contributed by atoms with van der Waals surface area (Å²) in [5.41, 5.74) is 10.2. The van der Waals surface area contributed by atoms with Gasteiger partial charge >= 0.3 is 5.97 Å². The maximum absolute atomic E-state index is 11.5. The van der Waals surface area contributed by atoms with Gasteiger partial charge in [-0.3, -0.25) is 0 Å². The summed E-state index contributed by atoms with van der Waals surface area (Å²) in [5.74, 6) is 0.104. The number of esters is 1. The molecule has 28 heavy (non-hydrogen) atoms. The maximum atomic E-state index is 11.5. The molecular formula is C22H20BrN3O2. The largest absolute Gasteiger partial charge is 0.465 e. The van der Waals surface area contributed by atoms with Crippen LogP contribution in [0.5, 0.6) is 0 Å². The summed E-state index contributed by atoms with van der Waals surface area (Å²) in [6.45, 7) is 0.589. The lowest BCUT2D eigenvalue weighted by Crippen LogP contribution is -2.12. The molecule has 3 aromatic carbocycles. The molecule has 0 aromatic heterocycles. The predicted molar refractivity (Wildman–Crippen MR) is 116 cm³/mol. The molecule has 0 spiro atoms. The molecule has 0 saturated heterocycles. The monoisotopic (exact) mass is 437 g/mol. The number of para-hydroxylation sites is 2. The first-order chi connectivity index (χ1) is 13.6. The highest BCUT2D eigenvalue weighted by atomic mass is 79.9. The number of carbonyl (C=O) groups is 1. The Kier molecular flexibility index (Phi) is 6.45. The molecule has 3 N–H and O–H groups in total. The van der Waals surface area contributed by atoms with Gasteiger partial charge in [0.25, 0.3) is 0 Å². The maximum Gasteiger partial charge on any atom is 0.337 e. The van der Waals surface area contributed by atoms with Gasteiger partial charge in [-0.15, -0.1) is 0 Å². The molecule has 0 atom stereocenters. The van der Waals surface area contributed by atoms with Crippen molar-refractivity contribution in [2.75, 3.05) is 12.4 Å². The summed E-state index contributed by atoms with van der Waals surface area (Å²) < 4.78 is 5.71. The van der Waals surface area contributed by atoms with E-state index in [9.17, 15) is 4.79 Å². The number of carbonyl (C=O) groups excluding carboxylic acids is 1. The number of nitrogens with one attached hydrogen (secondary N) is 1. The number of nitrogens with two attached hydrogens (primary N) is 1. The zero-order valence-electron chi connectivity index (χ0n) is 15.4. The van der Waals surface area contributed by atoms with Crippen LogP contribution in [-0.2, 0) is 11.3 Å². The van der Waals surface area contributed by atoms with Crippen molar-refractivity contribution in [3.63, 3.8) is 0 Å². The fraction of sp³-hybridized carbons (Fsp3) is 0.0909. The molecule has 142 valence electrons. The summed E-state index contributed by atoms with van der Waals surface area (Å²) in [5, 5.41) is 3.37. The lowest BCUT2D eigenvalue weighted by atomic mass is 10.1. The molecule has 3 rings (SSSR count). The molecule has 5 nitrogen and oxygen atoms in total. The lowest BCUT2D eigenvalue weighted by Gasteiger charge is -2.11. The average molecular weight is 438 g/mol. The molecule has 0 fully saturated rings. The van der Waals surface area contributed by atoms with Gasteiger partial charge in [0.1, 0.15) is 5.84 Å². The van der Waals surface area contributed by atoms with Crippen molar-refractivity contribution < 1.29 is 9.53 Å². The van der Waals surface area contributed by atoms with Crippen LogP contribution in [-0.4, -0.2) is 18.9 Å². The number of hydrogen-bond acceptors (Lipinski definition) is 4. The van der Waals surface area contributed by atoms with E-state index in [0.717, 1.165) is 27.0 Å². The molecule has 6 heteroatoms. The Labute approximate surface area is 172 Å². The number of aliphatic imine (C=N–C) groups is 1. The summed E-state index contributed by atoms with van der Waals surface area (Å²) >= 11 is 3.42. The second-order valence-electron chi connectivity index (χ2n) is 6.06. The van der Waals surface area contributed by atoms with Gasteiger partial charge in [0, 0.05) is 16.6 Å². The highest BCUT2D eigenvalue weighted by Gasteiger charge is 2.06. The zero-order valence-corrected chi connectivity index (χ0v) is 16.9. The van der Waals surface area contributed by atoms with Crippen LogP contribution in [0.1, 0.15) is 21.5 Å². The molecule has 0 amide bonds. The van der Waals surface area contributed by atoms with Gasteiger partial charge in [-0.05, 0) is 42.0 Å². The predicted octanol–water partition coefficient (Wildman–Crippen LogP) is 4.88. The van der Waals surface area contributed by atoms with Crippen LogP contribution in [0.15, 0.2) is 82.3 Å². The van der Waals surface area contributed by atoms with Gasteiger partial charge in [-0.1, -0.05) is 52.3 Å². The molecule has 3 aromatic rings. The van der Waals surface area contributed by atoms with E-state index in [1.54, 1.807) is 12.1 Å². The summed E-state index contributed by atoms with van der Waals surface area (Å²) in [7, 11) is 1.37. The van der Waals surface area contributed by atoms with Gasteiger partial charge < -0.3 is 15.8 Å². The van der Waals surface area contributed by atoms with Gasteiger partial charge in [0.05, 0.1) is 24.0 Å². The number of rotatable bonds is 6. The van der Waals surface area contributed by atoms with E-state index < -0.39 is 0 Å². The number of benzene rings is 3. The summed E-state index contributed by atoms with van der Waals surface area (Å²) in [6, 6.07) is 22.7. The number of ether oxygens (including phenoxy) is 1. The van der Waals surface area contributed by atoms with Crippen molar-refractivity contribution in [2.24, 2.45) is 10.7 Å². The van der Waals surface area contributed by atoms with Crippen LogP contribution in [0, 0.1) is 0 Å². The fourth-order valence-corrected chi connectivity index (χ4v) is 2.87. The zero-order chi connectivity index (χ0) is 19.9. The van der Waals surface area contributed by atoms with E-state index in [1.165, 1.54) is 7.11 Å². The minimum atomic E-state index is -0.345. The number of halogens is 1. The third-order valence-corrected chi connectivity index (χ3v) is 4.67. The van der Waals surface area contributed by atoms with Crippen molar-refractivity contribution in [1.29, 1.82) is 0 Å². The van der Waals surface area contributed by atoms with E-state index in [0.29, 0.717) is 17.9 Å². The Morgan fingerprint density at radius 2 is 1.64 bits per heavy atom. The van der Waals surface area contributed by atoms with E-state index >= 15 is 0 Å². The molecule has 0 aliphatic heterocycles. The number of methoxy groups -OCH3 is 1. The van der Waals surface area contributed by atoms with Gasteiger partial charge in [-0.25, -0.2) is 9.79 Å². The molecular weight excluding hydrogens is 418 g/mol. The Bertz CT molecular complexity index is 983. The Hall–Kier alpha value is -3.12. The molecule has 0 unspecified atom stereocenters. The summed E-state index contributed by atoms with van der Waals surface area (Å²) in [4.78, 5) is 16.1. The first-order valence-electron chi connectivity index (χ1n) is 8.67. The van der Waals surface area contributed by atoms with Crippen molar-refractivity contribution in [3.05, 3.63) is 94.0 Å². The molecule has 0 saturated carbocycles. The topological polar surface area (TPSA) is 76.7 Å². The molecule has 0 radical (unpaired) electrons. The number of amidine groups is 1. The minimum absolute atomic E-state index is 0.345. The Balaban J connectivity index is 1.74. The lowest BCUT2D eigenvalue weighted by molar-refractivity contribution is 0.0600. The highest BCUT2D eigenvalue weighted by Crippen LogP contribution is 2.25. The quantitative estimate of drug-likeness (QED) is 0.327. The SMILES string of the molecule is COC(=O)c1ccc(CNc2ccccc2N=C(N)c2ccc(Br)cc2)cc1. The molecule has 0 aliphatic rings. The second kappa shape index (κ2) is 9.19. The average Bonchev–Trinajstić information content (AvgIpc) is 2.73. The third-order valence-electron chi connectivity index (χ3n) is 4.14.